The summed E-state index contributed by atoms with van der Waals surface area (Å²) in [5.41, 5.74) is 2.57. The number of benzene rings is 2. The Morgan fingerprint density at radius 3 is 2.45 bits per heavy atom. The summed E-state index contributed by atoms with van der Waals surface area (Å²) in [5, 5.41) is 4.74. The van der Waals surface area contributed by atoms with E-state index in [2.05, 4.69) is 18.3 Å². The molecule has 0 atom stereocenters. The summed E-state index contributed by atoms with van der Waals surface area (Å²) in [6, 6.07) is 16.2. The van der Waals surface area contributed by atoms with Crippen LogP contribution in [-0.2, 0) is 21.2 Å². The normalized spacial score (nSPS) is 11.7. The quantitative estimate of drug-likeness (QED) is 0.578. The van der Waals surface area contributed by atoms with Gasteiger partial charge in [-0.15, -0.1) is 0 Å². The predicted molar refractivity (Wildman–Crippen MR) is 118 cm³/mol. The molecule has 0 unspecified atom stereocenters. The first-order valence-electron chi connectivity index (χ1n) is 9.15. The van der Waals surface area contributed by atoms with Gasteiger partial charge in [-0.3, -0.25) is 4.79 Å². The maximum atomic E-state index is 12.4. The SMILES string of the molecule is CCc1cc2ccccc2nc1SCC(=O)Nc1ccc(S(=O)(=O)N(C)C)cc1. The molecule has 152 valence electrons. The van der Waals surface area contributed by atoms with E-state index in [1.165, 1.54) is 38.0 Å². The summed E-state index contributed by atoms with van der Waals surface area (Å²) in [4.78, 5) is 17.2. The van der Waals surface area contributed by atoms with Crippen LogP contribution < -0.4 is 5.32 Å². The molecular weight excluding hydrogens is 406 g/mol. The molecular formula is C21H23N3O3S2. The van der Waals surface area contributed by atoms with Crippen molar-refractivity contribution in [2.24, 2.45) is 0 Å². The third-order valence-corrected chi connectivity index (χ3v) is 7.26. The van der Waals surface area contributed by atoms with E-state index in [9.17, 15) is 13.2 Å². The number of hydrogen-bond acceptors (Lipinski definition) is 5. The highest BCUT2D eigenvalue weighted by Crippen LogP contribution is 2.26. The number of pyridine rings is 1. The summed E-state index contributed by atoms with van der Waals surface area (Å²) in [5.74, 6) is 0.0473. The van der Waals surface area contributed by atoms with Gasteiger partial charge in [-0.1, -0.05) is 36.9 Å². The summed E-state index contributed by atoms with van der Waals surface area (Å²) < 4.78 is 25.4. The minimum Gasteiger partial charge on any atom is -0.325 e. The van der Waals surface area contributed by atoms with Crippen molar-refractivity contribution in [3.63, 3.8) is 0 Å². The number of nitrogens with zero attached hydrogens (tertiary/aromatic N) is 2. The van der Waals surface area contributed by atoms with E-state index >= 15 is 0 Å². The standard InChI is InChI=1S/C21H23N3O3S2/c1-4-15-13-16-7-5-6-8-19(16)23-21(15)28-14-20(25)22-17-9-11-18(12-10-17)29(26,27)24(2)3/h5-13H,4,14H2,1-3H3,(H,22,25). The molecule has 0 radical (unpaired) electrons. The van der Waals surface area contributed by atoms with Crippen LogP contribution in [0.3, 0.4) is 0 Å². The minimum atomic E-state index is -3.49. The van der Waals surface area contributed by atoms with Crippen LogP contribution in [0.5, 0.6) is 0 Å². The smallest absolute Gasteiger partial charge is 0.242 e. The van der Waals surface area contributed by atoms with Crippen LogP contribution in [0.4, 0.5) is 5.69 Å². The lowest BCUT2D eigenvalue weighted by molar-refractivity contribution is -0.113. The molecule has 1 heterocycles. The topological polar surface area (TPSA) is 79.4 Å². The number of rotatable bonds is 7. The number of nitrogens with one attached hydrogen (secondary N) is 1. The Balaban J connectivity index is 1.67. The molecule has 0 aliphatic rings. The Morgan fingerprint density at radius 1 is 1.10 bits per heavy atom. The molecule has 0 saturated heterocycles. The first kappa shape index (κ1) is 21.3. The molecule has 1 amide bonds. The van der Waals surface area contributed by atoms with Crippen LogP contribution in [0.25, 0.3) is 10.9 Å². The molecule has 29 heavy (non-hydrogen) atoms. The van der Waals surface area contributed by atoms with Gasteiger partial charge in [-0.05, 0) is 48.4 Å². The number of amides is 1. The number of thioether (sulfide) groups is 1. The van der Waals surface area contributed by atoms with Crippen molar-refractivity contribution in [2.45, 2.75) is 23.3 Å². The molecule has 0 aliphatic carbocycles. The molecule has 1 N–H and O–H groups in total. The van der Waals surface area contributed by atoms with Gasteiger partial charge in [0.15, 0.2) is 0 Å². The largest absolute Gasteiger partial charge is 0.325 e. The lowest BCUT2D eigenvalue weighted by atomic mass is 10.1. The van der Waals surface area contributed by atoms with Crippen LogP contribution >= 0.6 is 11.8 Å². The molecule has 0 spiro atoms. The van der Waals surface area contributed by atoms with Crippen LogP contribution in [-0.4, -0.2) is 43.5 Å². The summed E-state index contributed by atoms with van der Waals surface area (Å²) in [6.07, 6.45) is 0.837. The number of anilines is 1. The zero-order valence-corrected chi connectivity index (χ0v) is 18.2. The first-order valence-corrected chi connectivity index (χ1v) is 11.6. The third kappa shape index (κ3) is 4.95. The van der Waals surface area contributed by atoms with Crippen molar-refractivity contribution >= 4 is 44.3 Å². The minimum absolute atomic E-state index is 0.171. The van der Waals surface area contributed by atoms with Crippen LogP contribution in [0, 0.1) is 0 Å². The average molecular weight is 430 g/mol. The van der Waals surface area contributed by atoms with E-state index < -0.39 is 10.0 Å². The number of para-hydroxylation sites is 1. The van der Waals surface area contributed by atoms with Gasteiger partial charge in [0.2, 0.25) is 15.9 Å². The van der Waals surface area contributed by atoms with Crippen LogP contribution in [0.15, 0.2) is 64.5 Å². The van der Waals surface area contributed by atoms with Gasteiger partial charge in [0.05, 0.1) is 16.2 Å². The van der Waals surface area contributed by atoms with Crippen molar-refractivity contribution in [1.82, 2.24) is 9.29 Å². The van der Waals surface area contributed by atoms with Gasteiger partial charge in [0.25, 0.3) is 0 Å². The number of fused-ring (bicyclic) bond motifs is 1. The van der Waals surface area contributed by atoms with Crippen molar-refractivity contribution in [3.8, 4) is 0 Å². The molecule has 2 aromatic carbocycles. The molecule has 6 nitrogen and oxygen atoms in total. The van der Waals surface area contributed by atoms with E-state index in [0.717, 1.165) is 32.2 Å². The Labute approximate surface area is 175 Å². The zero-order valence-electron chi connectivity index (χ0n) is 16.5. The van der Waals surface area contributed by atoms with Gasteiger partial charge in [-0.25, -0.2) is 17.7 Å². The Kier molecular flexibility index (Phi) is 6.56. The molecule has 0 bridgehead atoms. The lowest BCUT2D eigenvalue weighted by Crippen LogP contribution is -2.22. The Hall–Kier alpha value is -2.42. The molecule has 3 aromatic rings. The number of aromatic nitrogens is 1. The maximum Gasteiger partial charge on any atom is 0.242 e. The second-order valence-corrected chi connectivity index (χ2v) is 9.76. The van der Waals surface area contributed by atoms with Gasteiger partial charge >= 0.3 is 0 Å². The highest BCUT2D eigenvalue weighted by atomic mass is 32.2. The number of hydrogen-bond donors (Lipinski definition) is 1. The molecule has 3 rings (SSSR count). The highest BCUT2D eigenvalue weighted by Gasteiger charge is 2.17. The second-order valence-electron chi connectivity index (χ2n) is 6.65. The zero-order chi connectivity index (χ0) is 21.0. The van der Waals surface area contributed by atoms with E-state index in [0.29, 0.717) is 5.69 Å². The second kappa shape index (κ2) is 8.94. The number of sulfonamides is 1. The van der Waals surface area contributed by atoms with E-state index in [1.807, 2.05) is 24.3 Å². The fourth-order valence-corrected chi connectivity index (χ4v) is 4.57. The van der Waals surface area contributed by atoms with Crippen molar-refractivity contribution in [3.05, 3.63) is 60.2 Å². The molecule has 0 aliphatic heterocycles. The van der Waals surface area contributed by atoms with Gasteiger partial charge in [0.1, 0.15) is 5.03 Å². The molecule has 0 saturated carbocycles. The van der Waals surface area contributed by atoms with Crippen LogP contribution in [0.2, 0.25) is 0 Å². The number of carbonyl (C=O) groups excluding carboxylic acids is 1. The molecule has 1 aromatic heterocycles. The van der Waals surface area contributed by atoms with Gasteiger partial charge in [0, 0.05) is 25.2 Å². The predicted octanol–water partition coefficient (Wildman–Crippen LogP) is 3.78. The maximum absolute atomic E-state index is 12.4. The van der Waals surface area contributed by atoms with Crippen LogP contribution in [0.1, 0.15) is 12.5 Å². The van der Waals surface area contributed by atoms with Crippen molar-refractivity contribution in [2.75, 3.05) is 25.2 Å². The summed E-state index contributed by atoms with van der Waals surface area (Å²) >= 11 is 1.40. The average Bonchev–Trinajstić information content (AvgIpc) is 2.71. The van der Waals surface area contributed by atoms with E-state index in [4.69, 9.17) is 4.98 Å². The van der Waals surface area contributed by atoms with Crippen molar-refractivity contribution < 1.29 is 13.2 Å². The third-order valence-electron chi connectivity index (χ3n) is 4.40. The summed E-state index contributed by atoms with van der Waals surface area (Å²) in [7, 11) is -0.526. The first-order chi connectivity index (χ1) is 13.8. The molecule has 0 fully saturated rings. The highest BCUT2D eigenvalue weighted by molar-refractivity contribution is 8.00. The van der Waals surface area contributed by atoms with Gasteiger partial charge < -0.3 is 5.32 Å². The summed E-state index contributed by atoms with van der Waals surface area (Å²) in [6.45, 7) is 2.07. The number of carbonyl (C=O) groups is 1. The van der Waals surface area contributed by atoms with Gasteiger partial charge in [-0.2, -0.15) is 0 Å². The van der Waals surface area contributed by atoms with Crippen molar-refractivity contribution in [1.29, 1.82) is 0 Å². The monoisotopic (exact) mass is 429 g/mol. The molecule has 8 heteroatoms. The van der Waals surface area contributed by atoms with E-state index in [1.54, 1.807) is 12.1 Å². The Bertz CT molecular complexity index is 1130. The van der Waals surface area contributed by atoms with E-state index in [-0.39, 0.29) is 16.6 Å². The lowest BCUT2D eigenvalue weighted by Gasteiger charge is -2.12. The Morgan fingerprint density at radius 2 is 1.79 bits per heavy atom. The fourth-order valence-electron chi connectivity index (χ4n) is 2.77. The number of aryl methyl sites for hydroxylation is 1. The fraction of sp³-hybridized carbons (Fsp3) is 0.238.